The zero-order valence-electron chi connectivity index (χ0n) is 11.4. The van der Waals surface area contributed by atoms with Gasteiger partial charge < -0.3 is 9.47 Å². The number of hydrogen-bond donors (Lipinski definition) is 0. The molecule has 0 aromatic heterocycles. The first-order valence-electron chi connectivity index (χ1n) is 6.15. The second kappa shape index (κ2) is 5.89. The van der Waals surface area contributed by atoms with Gasteiger partial charge in [0, 0.05) is 6.54 Å². The summed E-state index contributed by atoms with van der Waals surface area (Å²) in [6, 6.07) is -0.265. The molecule has 0 N–H and O–H groups in total. The Hall–Kier alpha value is -1.52. The van der Waals surface area contributed by atoms with Crippen molar-refractivity contribution in [2.75, 3.05) is 13.2 Å². The minimum absolute atomic E-state index is 0.170. The lowest BCUT2D eigenvalue weighted by molar-refractivity contribution is -0.143. The van der Waals surface area contributed by atoms with Gasteiger partial charge in [-0.05, 0) is 27.7 Å². The van der Waals surface area contributed by atoms with Crippen molar-refractivity contribution < 1.29 is 19.1 Å². The van der Waals surface area contributed by atoms with E-state index in [9.17, 15) is 9.59 Å². The second-order valence-corrected chi connectivity index (χ2v) is 5.14. The van der Waals surface area contributed by atoms with Crippen LogP contribution in [0.3, 0.4) is 0 Å². The van der Waals surface area contributed by atoms with Crippen molar-refractivity contribution in [1.82, 2.24) is 4.90 Å². The van der Waals surface area contributed by atoms with Crippen molar-refractivity contribution in [3.8, 4) is 0 Å². The van der Waals surface area contributed by atoms with Crippen LogP contribution < -0.4 is 0 Å². The predicted octanol–water partition coefficient (Wildman–Crippen LogP) is 2.12. The molecule has 5 heteroatoms. The molecule has 0 radical (unpaired) electrons. The van der Waals surface area contributed by atoms with Gasteiger partial charge >= 0.3 is 12.1 Å². The van der Waals surface area contributed by atoms with Crippen LogP contribution in [0.4, 0.5) is 4.79 Å². The lowest BCUT2D eigenvalue weighted by atomic mass is 10.2. The van der Waals surface area contributed by atoms with Crippen LogP contribution in [-0.4, -0.2) is 41.8 Å². The molecule has 1 aliphatic heterocycles. The van der Waals surface area contributed by atoms with Gasteiger partial charge in [-0.1, -0.05) is 12.2 Å². The maximum Gasteiger partial charge on any atom is 0.411 e. The van der Waals surface area contributed by atoms with Gasteiger partial charge in [-0.2, -0.15) is 0 Å². The van der Waals surface area contributed by atoms with Gasteiger partial charge in [-0.3, -0.25) is 9.69 Å². The molecule has 5 nitrogen and oxygen atoms in total. The Morgan fingerprint density at radius 2 is 2.06 bits per heavy atom. The average molecular weight is 255 g/mol. The number of ether oxygens (including phenoxy) is 2. The van der Waals surface area contributed by atoms with Crippen LogP contribution >= 0.6 is 0 Å². The van der Waals surface area contributed by atoms with Crippen molar-refractivity contribution in [2.24, 2.45) is 0 Å². The first-order chi connectivity index (χ1) is 8.33. The molecule has 0 saturated heterocycles. The van der Waals surface area contributed by atoms with E-state index in [1.54, 1.807) is 6.92 Å². The molecule has 1 rings (SSSR count). The minimum Gasteiger partial charge on any atom is -0.466 e. The van der Waals surface area contributed by atoms with E-state index < -0.39 is 11.7 Å². The number of esters is 1. The monoisotopic (exact) mass is 255 g/mol. The smallest absolute Gasteiger partial charge is 0.411 e. The Morgan fingerprint density at radius 3 is 2.61 bits per heavy atom. The molecule has 1 atom stereocenters. The highest BCUT2D eigenvalue weighted by molar-refractivity contribution is 5.74. The number of carbonyl (C=O) groups is 2. The molecule has 102 valence electrons. The largest absolute Gasteiger partial charge is 0.466 e. The molecule has 1 amide bonds. The van der Waals surface area contributed by atoms with Crippen LogP contribution in [-0.2, 0) is 14.3 Å². The summed E-state index contributed by atoms with van der Waals surface area (Å²) in [5.74, 6) is -0.303. The standard InChI is InChI=1S/C13H21NO4/c1-5-17-11(15)9-10-7-6-8-14(10)12(16)18-13(2,3)4/h6-7,10H,5,8-9H2,1-4H3. The molecule has 0 saturated carbocycles. The Balaban J connectivity index is 2.56. The number of hydrogen-bond acceptors (Lipinski definition) is 4. The topological polar surface area (TPSA) is 55.8 Å². The fourth-order valence-electron chi connectivity index (χ4n) is 1.67. The van der Waals surface area contributed by atoms with E-state index in [0.29, 0.717) is 13.2 Å². The molecule has 0 fully saturated rings. The summed E-state index contributed by atoms with van der Waals surface area (Å²) < 4.78 is 10.2. The molecule has 1 heterocycles. The Morgan fingerprint density at radius 1 is 1.39 bits per heavy atom. The third-order valence-corrected chi connectivity index (χ3v) is 2.37. The first-order valence-corrected chi connectivity index (χ1v) is 6.15. The van der Waals surface area contributed by atoms with Crippen LogP contribution in [0.2, 0.25) is 0 Å². The number of rotatable bonds is 3. The van der Waals surface area contributed by atoms with Gasteiger partial charge in [0.05, 0.1) is 19.1 Å². The zero-order chi connectivity index (χ0) is 13.8. The van der Waals surface area contributed by atoms with E-state index >= 15 is 0 Å². The van der Waals surface area contributed by atoms with Gasteiger partial charge in [0.1, 0.15) is 5.60 Å². The van der Waals surface area contributed by atoms with E-state index in [1.807, 2.05) is 32.9 Å². The molecule has 1 unspecified atom stereocenters. The Labute approximate surface area is 108 Å². The zero-order valence-corrected chi connectivity index (χ0v) is 11.4. The van der Waals surface area contributed by atoms with Gasteiger partial charge in [0.15, 0.2) is 0 Å². The van der Waals surface area contributed by atoms with Crippen LogP contribution in [0, 0.1) is 0 Å². The highest BCUT2D eigenvalue weighted by Crippen LogP contribution is 2.18. The normalized spacial score (nSPS) is 18.9. The quantitative estimate of drug-likeness (QED) is 0.572. The summed E-state index contributed by atoms with van der Waals surface area (Å²) in [4.78, 5) is 24.9. The summed E-state index contributed by atoms with van der Waals surface area (Å²) >= 11 is 0. The van der Waals surface area contributed by atoms with Gasteiger partial charge in [-0.25, -0.2) is 4.79 Å². The molecule has 0 spiro atoms. The van der Waals surface area contributed by atoms with E-state index in [2.05, 4.69) is 0 Å². The summed E-state index contributed by atoms with van der Waals surface area (Å²) in [7, 11) is 0. The van der Waals surface area contributed by atoms with E-state index in [1.165, 1.54) is 4.90 Å². The number of nitrogens with zero attached hydrogens (tertiary/aromatic N) is 1. The maximum absolute atomic E-state index is 11.9. The third kappa shape index (κ3) is 4.39. The van der Waals surface area contributed by atoms with Crippen LogP contribution in [0.15, 0.2) is 12.2 Å². The number of carbonyl (C=O) groups excluding carboxylic acids is 2. The summed E-state index contributed by atoms with van der Waals surface area (Å²) in [5, 5.41) is 0. The van der Waals surface area contributed by atoms with E-state index in [-0.39, 0.29) is 18.4 Å². The second-order valence-electron chi connectivity index (χ2n) is 5.14. The lowest BCUT2D eigenvalue weighted by Crippen LogP contribution is -2.41. The molecule has 0 aliphatic carbocycles. The molecule has 1 aliphatic rings. The highest BCUT2D eigenvalue weighted by Gasteiger charge is 2.30. The highest BCUT2D eigenvalue weighted by atomic mass is 16.6. The Bertz CT molecular complexity index is 343. The molecule has 0 aromatic rings. The fraction of sp³-hybridized carbons (Fsp3) is 0.692. The predicted molar refractivity (Wildman–Crippen MR) is 67.1 cm³/mol. The third-order valence-electron chi connectivity index (χ3n) is 2.37. The summed E-state index contributed by atoms with van der Waals surface area (Å²) in [5.41, 5.74) is -0.534. The van der Waals surface area contributed by atoms with Crippen LogP contribution in [0.1, 0.15) is 34.1 Å². The summed E-state index contributed by atoms with van der Waals surface area (Å²) in [6.45, 7) is 8.02. The maximum atomic E-state index is 11.9. The van der Waals surface area contributed by atoms with Crippen molar-refractivity contribution in [3.05, 3.63) is 12.2 Å². The summed E-state index contributed by atoms with van der Waals surface area (Å²) in [6.07, 6.45) is 3.46. The van der Waals surface area contributed by atoms with Gasteiger partial charge in [0.25, 0.3) is 0 Å². The van der Waals surface area contributed by atoms with Crippen molar-refractivity contribution in [3.63, 3.8) is 0 Å². The minimum atomic E-state index is -0.534. The van der Waals surface area contributed by atoms with Crippen LogP contribution in [0.25, 0.3) is 0 Å². The van der Waals surface area contributed by atoms with Gasteiger partial charge in [-0.15, -0.1) is 0 Å². The average Bonchev–Trinajstić information content (AvgIpc) is 2.63. The fourth-order valence-corrected chi connectivity index (χ4v) is 1.67. The van der Waals surface area contributed by atoms with E-state index in [0.717, 1.165) is 0 Å². The first kappa shape index (κ1) is 14.5. The Kier molecular flexibility index (Phi) is 4.76. The molecular weight excluding hydrogens is 234 g/mol. The molecular formula is C13H21NO4. The van der Waals surface area contributed by atoms with Gasteiger partial charge in [0.2, 0.25) is 0 Å². The molecule has 0 bridgehead atoms. The van der Waals surface area contributed by atoms with Crippen molar-refractivity contribution >= 4 is 12.1 Å². The molecule has 0 aromatic carbocycles. The van der Waals surface area contributed by atoms with Crippen molar-refractivity contribution in [1.29, 1.82) is 0 Å². The SMILES string of the molecule is CCOC(=O)CC1C=CCN1C(=O)OC(C)(C)C. The number of amides is 1. The van der Waals surface area contributed by atoms with Crippen LogP contribution in [0.5, 0.6) is 0 Å². The lowest BCUT2D eigenvalue weighted by Gasteiger charge is -2.28. The molecule has 18 heavy (non-hydrogen) atoms. The van der Waals surface area contributed by atoms with Crippen molar-refractivity contribution in [2.45, 2.75) is 45.8 Å². The van der Waals surface area contributed by atoms with E-state index in [4.69, 9.17) is 9.47 Å².